The molecule has 2 aromatic carbocycles. The van der Waals surface area contributed by atoms with Gasteiger partial charge in [0.2, 0.25) is 0 Å². The minimum atomic E-state index is -0.167. The molecule has 0 atom stereocenters. The van der Waals surface area contributed by atoms with Gasteiger partial charge in [0.15, 0.2) is 5.96 Å². The van der Waals surface area contributed by atoms with Crippen molar-refractivity contribution in [1.29, 1.82) is 0 Å². The Kier molecular flexibility index (Phi) is 7.36. The molecule has 0 aliphatic carbocycles. The Morgan fingerprint density at radius 1 is 1.07 bits per heavy atom. The highest BCUT2D eigenvalue weighted by Crippen LogP contribution is 2.21. The van der Waals surface area contributed by atoms with Gasteiger partial charge in [-0.15, -0.1) is 0 Å². The molecule has 0 aliphatic heterocycles. The van der Waals surface area contributed by atoms with E-state index in [2.05, 4.69) is 53.7 Å². The van der Waals surface area contributed by atoms with Gasteiger partial charge in [0.25, 0.3) is 0 Å². The highest BCUT2D eigenvalue weighted by molar-refractivity contribution is 5.79. The molecule has 0 radical (unpaired) electrons. The van der Waals surface area contributed by atoms with E-state index in [-0.39, 0.29) is 11.2 Å². The monoisotopic (exact) mass is 370 g/mol. The van der Waals surface area contributed by atoms with E-state index < -0.39 is 0 Å². The zero-order chi connectivity index (χ0) is 19.9. The van der Waals surface area contributed by atoms with Gasteiger partial charge in [-0.3, -0.25) is 4.99 Å². The molecule has 2 N–H and O–H groups in total. The Labute approximate surface area is 162 Å². The van der Waals surface area contributed by atoms with Gasteiger partial charge in [-0.1, -0.05) is 50.2 Å². The predicted octanol–water partition coefficient (Wildman–Crippen LogP) is 3.53. The summed E-state index contributed by atoms with van der Waals surface area (Å²) in [5.74, 6) is 0.567. The Bertz CT molecular complexity index is 754. The van der Waals surface area contributed by atoms with Gasteiger partial charge in [0.05, 0.1) is 0 Å². The van der Waals surface area contributed by atoms with Crippen molar-refractivity contribution in [2.45, 2.75) is 32.4 Å². The molecule has 0 aliphatic rings. The van der Waals surface area contributed by atoms with Crippen LogP contribution in [0.15, 0.2) is 53.5 Å². The summed E-state index contributed by atoms with van der Waals surface area (Å²) < 4.78 is 13.9. The lowest BCUT2D eigenvalue weighted by molar-refractivity contribution is 0.392. The second-order valence-electron chi connectivity index (χ2n) is 7.69. The first-order valence-electron chi connectivity index (χ1n) is 9.24. The van der Waals surface area contributed by atoms with Gasteiger partial charge in [-0.2, -0.15) is 0 Å². The molecule has 5 heteroatoms. The summed E-state index contributed by atoms with van der Waals surface area (Å²) in [4.78, 5) is 6.26. The smallest absolute Gasteiger partial charge is 0.191 e. The molecule has 0 spiro atoms. The average molecular weight is 371 g/mol. The lowest BCUT2D eigenvalue weighted by Gasteiger charge is -2.26. The van der Waals surface area contributed by atoms with Crippen LogP contribution in [-0.4, -0.2) is 38.5 Å². The molecule has 0 fully saturated rings. The van der Waals surface area contributed by atoms with E-state index in [1.165, 1.54) is 11.6 Å². The molecule has 0 saturated carbocycles. The van der Waals surface area contributed by atoms with Crippen molar-refractivity contribution in [2.75, 3.05) is 27.7 Å². The van der Waals surface area contributed by atoms with Gasteiger partial charge in [0.1, 0.15) is 5.82 Å². The number of aliphatic imine (C=N–C) groups is 1. The van der Waals surface area contributed by atoms with E-state index >= 15 is 0 Å². The summed E-state index contributed by atoms with van der Waals surface area (Å²) in [7, 11) is 5.63. The average Bonchev–Trinajstić information content (AvgIpc) is 2.64. The number of rotatable bonds is 7. The van der Waals surface area contributed by atoms with Gasteiger partial charge in [-0.05, 0) is 37.4 Å². The quantitative estimate of drug-likeness (QED) is 0.579. The van der Waals surface area contributed by atoms with Crippen molar-refractivity contribution >= 4 is 5.96 Å². The molecule has 2 rings (SSSR count). The molecule has 0 heterocycles. The molecule has 27 heavy (non-hydrogen) atoms. The summed E-state index contributed by atoms with van der Waals surface area (Å²) in [5.41, 5.74) is 2.99. The standard InChI is InChI=1S/C22H31FN4/c1-22(2,19-9-7-6-8-10-19)16-26-21(24-3)25-14-17-11-12-20(23)18(13-17)15-27(4)5/h6-13H,14-16H2,1-5H3,(H2,24,25,26). The fourth-order valence-electron chi connectivity index (χ4n) is 2.90. The van der Waals surface area contributed by atoms with Gasteiger partial charge < -0.3 is 15.5 Å². The van der Waals surface area contributed by atoms with Gasteiger partial charge in [-0.25, -0.2) is 4.39 Å². The summed E-state index contributed by atoms with van der Waals surface area (Å²) >= 11 is 0. The van der Waals surface area contributed by atoms with Crippen LogP contribution in [0.2, 0.25) is 0 Å². The maximum Gasteiger partial charge on any atom is 0.191 e. The lowest BCUT2D eigenvalue weighted by atomic mass is 9.85. The van der Waals surface area contributed by atoms with Crippen molar-refractivity contribution < 1.29 is 4.39 Å². The molecule has 0 aromatic heterocycles. The fourth-order valence-corrected chi connectivity index (χ4v) is 2.90. The minimum Gasteiger partial charge on any atom is -0.356 e. The minimum absolute atomic E-state index is 0.0202. The highest BCUT2D eigenvalue weighted by atomic mass is 19.1. The number of nitrogens with zero attached hydrogens (tertiary/aromatic N) is 2. The second-order valence-corrected chi connectivity index (χ2v) is 7.69. The Hall–Kier alpha value is -2.40. The van der Waals surface area contributed by atoms with E-state index in [4.69, 9.17) is 0 Å². The van der Waals surface area contributed by atoms with E-state index in [1.54, 1.807) is 7.05 Å². The number of hydrogen-bond acceptors (Lipinski definition) is 2. The van der Waals surface area contributed by atoms with Crippen LogP contribution in [0.4, 0.5) is 4.39 Å². The van der Waals surface area contributed by atoms with E-state index in [9.17, 15) is 4.39 Å². The SMILES string of the molecule is CN=C(NCc1ccc(F)c(CN(C)C)c1)NCC(C)(C)c1ccccc1. The van der Waals surface area contributed by atoms with Crippen LogP contribution in [0.3, 0.4) is 0 Å². The molecule has 4 nitrogen and oxygen atoms in total. The van der Waals surface area contributed by atoms with Crippen LogP contribution < -0.4 is 10.6 Å². The third-order valence-electron chi connectivity index (χ3n) is 4.53. The molecule has 0 amide bonds. The summed E-state index contributed by atoms with van der Waals surface area (Å²) in [6, 6.07) is 15.7. The van der Waals surface area contributed by atoms with E-state index in [0.717, 1.165) is 18.1 Å². The molecular formula is C22H31FN4. The third-order valence-corrected chi connectivity index (χ3v) is 4.53. The van der Waals surface area contributed by atoms with Crippen molar-refractivity contribution in [3.63, 3.8) is 0 Å². The summed E-state index contributed by atoms with van der Waals surface area (Å²) in [6.07, 6.45) is 0. The van der Waals surface area contributed by atoms with Crippen molar-refractivity contribution in [3.8, 4) is 0 Å². The first-order valence-corrected chi connectivity index (χ1v) is 9.24. The van der Waals surface area contributed by atoms with Gasteiger partial charge in [0, 0.05) is 37.7 Å². The second kappa shape index (κ2) is 9.51. The van der Waals surface area contributed by atoms with Crippen molar-refractivity contribution in [1.82, 2.24) is 15.5 Å². The molecule has 0 unspecified atom stereocenters. The molecule has 0 saturated heterocycles. The van der Waals surface area contributed by atoms with Crippen LogP contribution in [0, 0.1) is 5.82 Å². The Morgan fingerprint density at radius 3 is 2.41 bits per heavy atom. The zero-order valence-corrected chi connectivity index (χ0v) is 17.0. The van der Waals surface area contributed by atoms with Gasteiger partial charge >= 0.3 is 0 Å². The van der Waals surface area contributed by atoms with E-state index in [1.807, 2.05) is 37.2 Å². The first-order chi connectivity index (χ1) is 12.8. The highest BCUT2D eigenvalue weighted by Gasteiger charge is 2.20. The largest absolute Gasteiger partial charge is 0.356 e. The summed E-state index contributed by atoms with van der Waals surface area (Å²) in [6.45, 7) is 6.34. The predicted molar refractivity (Wildman–Crippen MR) is 111 cm³/mol. The number of hydrogen-bond donors (Lipinski definition) is 2. The van der Waals surface area contributed by atoms with Crippen LogP contribution in [0.1, 0.15) is 30.5 Å². The van der Waals surface area contributed by atoms with Crippen molar-refractivity contribution in [3.05, 3.63) is 71.0 Å². The first kappa shape index (κ1) is 20.9. The Balaban J connectivity index is 1.94. The number of nitrogens with one attached hydrogen (secondary N) is 2. The number of guanidine groups is 1. The number of halogens is 1. The Morgan fingerprint density at radius 2 is 1.78 bits per heavy atom. The maximum absolute atomic E-state index is 13.9. The molecule has 146 valence electrons. The fraction of sp³-hybridized carbons (Fsp3) is 0.409. The number of benzene rings is 2. The zero-order valence-electron chi connectivity index (χ0n) is 17.0. The normalized spacial score (nSPS) is 12.3. The molecule has 0 bridgehead atoms. The topological polar surface area (TPSA) is 39.7 Å². The van der Waals surface area contributed by atoms with Crippen LogP contribution in [0.5, 0.6) is 0 Å². The molecule has 2 aromatic rings. The third kappa shape index (κ3) is 6.36. The van der Waals surface area contributed by atoms with Crippen molar-refractivity contribution in [2.24, 2.45) is 4.99 Å². The van der Waals surface area contributed by atoms with Crippen LogP contribution >= 0.6 is 0 Å². The summed E-state index contributed by atoms with van der Waals surface area (Å²) in [5, 5.41) is 6.71. The maximum atomic E-state index is 13.9. The van der Waals surface area contributed by atoms with E-state index in [0.29, 0.717) is 18.7 Å². The molecular weight excluding hydrogens is 339 g/mol. The van der Waals surface area contributed by atoms with Crippen LogP contribution in [-0.2, 0) is 18.5 Å². The van der Waals surface area contributed by atoms with Crippen LogP contribution in [0.25, 0.3) is 0 Å². The lowest BCUT2D eigenvalue weighted by Crippen LogP contribution is -2.43.